The molecule has 10 heteroatoms. The number of sulfonamides is 1. The van der Waals surface area contributed by atoms with Crippen molar-refractivity contribution in [1.29, 1.82) is 0 Å². The molecule has 0 saturated carbocycles. The fourth-order valence-electron chi connectivity index (χ4n) is 1.33. The first-order valence-corrected chi connectivity index (χ1v) is 6.75. The number of benzene rings is 1. The highest BCUT2D eigenvalue weighted by atomic mass is 32.2. The van der Waals surface area contributed by atoms with Gasteiger partial charge in [-0.3, -0.25) is 14.9 Å². The molecule has 0 saturated heterocycles. The number of carboxylic acid groups (broad SMARTS) is 1. The van der Waals surface area contributed by atoms with Crippen LogP contribution in [-0.4, -0.2) is 37.6 Å². The molecule has 0 unspecified atom stereocenters. The number of rotatable bonds is 6. The van der Waals surface area contributed by atoms with E-state index in [1.54, 1.807) is 0 Å². The lowest BCUT2D eigenvalue weighted by Crippen LogP contribution is -2.38. The smallest absolute Gasteiger partial charge is 0.321 e. The molecule has 1 atom stereocenters. The normalized spacial score (nSPS) is 12.7. The molecule has 9 nitrogen and oxygen atoms in total. The average Bonchev–Trinajstić information content (AvgIpc) is 2.37. The molecule has 110 valence electrons. The van der Waals surface area contributed by atoms with E-state index in [1.807, 2.05) is 4.72 Å². The summed E-state index contributed by atoms with van der Waals surface area (Å²) in [5.41, 5.74) is -0.529. The van der Waals surface area contributed by atoms with Gasteiger partial charge in [-0.1, -0.05) is 0 Å². The van der Waals surface area contributed by atoms with E-state index in [2.05, 4.69) is 0 Å². The summed E-state index contributed by atoms with van der Waals surface area (Å²) in [7, 11) is -2.97. The number of hydrogen-bond donors (Lipinski definition) is 2. The zero-order valence-corrected chi connectivity index (χ0v) is 11.4. The molecule has 20 heavy (non-hydrogen) atoms. The van der Waals surface area contributed by atoms with Crippen molar-refractivity contribution in [3.8, 4) is 5.75 Å². The second-order valence-corrected chi connectivity index (χ2v) is 5.49. The third-order valence-electron chi connectivity index (χ3n) is 2.36. The van der Waals surface area contributed by atoms with Crippen molar-refractivity contribution in [2.24, 2.45) is 0 Å². The Morgan fingerprint density at radius 3 is 2.55 bits per heavy atom. The zero-order valence-electron chi connectivity index (χ0n) is 10.6. The molecule has 0 amide bonds. The van der Waals surface area contributed by atoms with E-state index in [9.17, 15) is 23.3 Å². The molecule has 0 bridgehead atoms. The molecule has 0 heterocycles. The summed E-state index contributed by atoms with van der Waals surface area (Å²) in [5.74, 6) is -1.46. The van der Waals surface area contributed by atoms with Crippen LogP contribution in [0.4, 0.5) is 5.69 Å². The van der Waals surface area contributed by atoms with E-state index in [-0.39, 0.29) is 5.75 Å². The molecule has 1 aromatic carbocycles. The molecule has 0 spiro atoms. The fraction of sp³-hybridized carbons (Fsp3) is 0.300. The second kappa shape index (κ2) is 5.84. The van der Waals surface area contributed by atoms with Crippen molar-refractivity contribution in [3.63, 3.8) is 0 Å². The Labute approximate surface area is 114 Å². The molecular weight excluding hydrogens is 292 g/mol. The van der Waals surface area contributed by atoms with Gasteiger partial charge in [0.15, 0.2) is 5.75 Å². The lowest BCUT2D eigenvalue weighted by atomic mass is 10.3. The second-order valence-electron chi connectivity index (χ2n) is 3.77. The molecule has 0 aliphatic rings. The van der Waals surface area contributed by atoms with Crippen LogP contribution in [0.3, 0.4) is 0 Å². The van der Waals surface area contributed by atoms with Crippen LogP contribution >= 0.6 is 0 Å². The summed E-state index contributed by atoms with van der Waals surface area (Å²) in [6, 6.07) is 1.65. The summed E-state index contributed by atoms with van der Waals surface area (Å²) in [6.07, 6.45) is 0. The largest absolute Gasteiger partial charge is 0.490 e. The Kier molecular flexibility index (Phi) is 4.63. The predicted octanol–water partition coefficient (Wildman–Crippen LogP) is 0.355. The van der Waals surface area contributed by atoms with Crippen molar-refractivity contribution < 1.29 is 28.0 Å². The first-order chi connectivity index (χ1) is 9.19. The lowest BCUT2D eigenvalue weighted by Gasteiger charge is -2.10. The van der Waals surface area contributed by atoms with Gasteiger partial charge >= 0.3 is 11.7 Å². The minimum atomic E-state index is -4.18. The monoisotopic (exact) mass is 304 g/mol. The topological polar surface area (TPSA) is 136 Å². The third kappa shape index (κ3) is 3.42. The van der Waals surface area contributed by atoms with Gasteiger partial charge in [0, 0.05) is 6.07 Å². The van der Waals surface area contributed by atoms with Crippen molar-refractivity contribution in [2.45, 2.75) is 17.9 Å². The highest BCUT2D eigenvalue weighted by Gasteiger charge is 2.25. The molecule has 2 N–H and O–H groups in total. The van der Waals surface area contributed by atoms with Gasteiger partial charge in [-0.15, -0.1) is 0 Å². The number of methoxy groups -OCH3 is 1. The average molecular weight is 304 g/mol. The Morgan fingerprint density at radius 1 is 1.50 bits per heavy atom. The van der Waals surface area contributed by atoms with Gasteiger partial charge in [-0.05, 0) is 19.1 Å². The van der Waals surface area contributed by atoms with Crippen LogP contribution in [0.15, 0.2) is 23.1 Å². The van der Waals surface area contributed by atoms with E-state index in [1.165, 1.54) is 7.11 Å². The Hall–Kier alpha value is -2.20. The maximum Gasteiger partial charge on any atom is 0.321 e. The summed E-state index contributed by atoms with van der Waals surface area (Å²) in [6.45, 7) is 1.14. The van der Waals surface area contributed by atoms with E-state index in [0.29, 0.717) is 0 Å². The quantitative estimate of drug-likeness (QED) is 0.571. The van der Waals surface area contributed by atoms with E-state index >= 15 is 0 Å². The molecule has 1 aromatic rings. The van der Waals surface area contributed by atoms with Gasteiger partial charge in [0.2, 0.25) is 10.0 Å². The predicted molar refractivity (Wildman–Crippen MR) is 67.1 cm³/mol. The Balaban J connectivity index is 3.23. The van der Waals surface area contributed by atoms with Crippen molar-refractivity contribution >= 4 is 21.7 Å². The number of nitrogens with one attached hydrogen (secondary N) is 1. The van der Waals surface area contributed by atoms with Crippen LogP contribution in [0.5, 0.6) is 5.75 Å². The number of hydrogen-bond acceptors (Lipinski definition) is 6. The Bertz CT molecular complexity index is 641. The molecule has 1 rings (SSSR count). The molecular formula is C10H12N2O7S. The van der Waals surface area contributed by atoms with Gasteiger partial charge in [-0.2, -0.15) is 4.72 Å². The van der Waals surface area contributed by atoms with Gasteiger partial charge in [0.05, 0.1) is 16.9 Å². The number of carboxylic acids is 1. The number of nitro benzene ring substituents is 1. The van der Waals surface area contributed by atoms with E-state index in [0.717, 1.165) is 25.1 Å². The molecule has 0 radical (unpaired) electrons. The summed E-state index contributed by atoms with van der Waals surface area (Å²) in [4.78, 5) is 20.2. The fourth-order valence-corrected chi connectivity index (χ4v) is 2.55. The molecule has 0 fully saturated rings. The number of carbonyl (C=O) groups is 1. The summed E-state index contributed by atoms with van der Waals surface area (Å²) >= 11 is 0. The standard InChI is InChI=1S/C10H12N2O7S/c1-6(10(13)14)11-20(17,18)7-3-4-9(19-2)8(5-7)12(15)16/h3-6,11H,1-2H3,(H,13,14)/t6-/m1/s1. The van der Waals surface area contributed by atoms with Crippen LogP contribution in [0, 0.1) is 10.1 Å². The number of nitro groups is 1. The minimum absolute atomic E-state index is 0.0970. The van der Waals surface area contributed by atoms with Gasteiger partial charge in [-0.25, -0.2) is 8.42 Å². The first kappa shape index (κ1) is 15.9. The van der Waals surface area contributed by atoms with Crippen LogP contribution in [-0.2, 0) is 14.8 Å². The highest BCUT2D eigenvalue weighted by molar-refractivity contribution is 7.89. The summed E-state index contributed by atoms with van der Waals surface area (Å²) in [5, 5.41) is 19.5. The zero-order chi connectivity index (χ0) is 15.5. The van der Waals surface area contributed by atoms with Gasteiger partial charge in [0.25, 0.3) is 0 Å². The highest BCUT2D eigenvalue weighted by Crippen LogP contribution is 2.29. The number of ether oxygens (including phenoxy) is 1. The minimum Gasteiger partial charge on any atom is -0.490 e. The Morgan fingerprint density at radius 2 is 2.10 bits per heavy atom. The number of aliphatic carboxylic acids is 1. The lowest BCUT2D eigenvalue weighted by molar-refractivity contribution is -0.386. The maximum atomic E-state index is 11.9. The molecule has 0 aromatic heterocycles. The van der Waals surface area contributed by atoms with Crippen LogP contribution < -0.4 is 9.46 Å². The first-order valence-electron chi connectivity index (χ1n) is 5.26. The van der Waals surface area contributed by atoms with Gasteiger partial charge in [0.1, 0.15) is 6.04 Å². The van der Waals surface area contributed by atoms with E-state index < -0.39 is 37.5 Å². The third-order valence-corrected chi connectivity index (χ3v) is 3.90. The van der Waals surface area contributed by atoms with Crippen LogP contribution in [0.25, 0.3) is 0 Å². The van der Waals surface area contributed by atoms with Crippen LogP contribution in [0.1, 0.15) is 6.92 Å². The molecule has 0 aliphatic carbocycles. The van der Waals surface area contributed by atoms with Crippen molar-refractivity contribution in [2.75, 3.05) is 7.11 Å². The molecule has 0 aliphatic heterocycles. The summed E-state index contributed by atoms with van der Waals surface area (Å²) < 4.78 is 30.4. The van der Waals surface area contributed by atoms with Crippen LogP contribution in [0.2, 0.25) is 0 Å². The van der Waals surface area contributed by atoms with Gasteiger partial charge < -0.3 is 9.84 Å². The maximum absolute atomic E-state index is 11.9. The van der Waals surface area contributed by atoms with E-state index in [4.69, 9.17) is 9.84 Å². The van der Waals surface area contributed by atoms with Crippen molar-refractivity contribution in [3.05, 3.63) is 28.3 Å². The SMILES string of the molecule is COc1ccc(S(=O)(=O)N[C@H](C)C(=O)O)cc1[N+](=O)[O-]. The number of nitrogens with zero attached hydrogens (tertiary/aromatic N) is 1. The van der Waals surface area contributed by atoms with Crippen molar-refractivity contribution in [1.82, 2.24) is 4.72 Å².